The summed E-state index contributed by atoms with van der Waals surface area (Å²) in [5.74, 6) is -1.05. The van der Waals surface area contributed by atoms with Crippen molar-refractivity contribution in [3.63, 3.8) is 0 Å². The molecule has 22 heavy (non-hydrogen) atoms. The van der Waals surface area contributed by atoms with E-state index in [1.807, 2.05) is 20.9 Å². The van der Waals surface area contributed by atoms with Gasteiger partial charge in [-0.15, -0.1) is 0 Å². The van der Waals surface area contributed by atoms with E-state index < -0.39 is 17.4 Å². The number of hydrogen-bond donors (Lipinski definition) is 3. The van der Waals surface area contributed by atoms with Gasteiger partial charge in [0.25, 0.3) is 5.91 Å². The smallest absolute Gasteiger partial charge is 0.270 e. The molecule has 0 unspecified atom stereocenters. The molecule has 8 nitrogen and oxygen atoms in total. The number of aromatic nitrogens is 4. The minimum Gasteiger partial charge on any atom is -0.368 e. The summed E-state index contributed by atoms with van der Waals surface area (Å²) in [7, 11) is 1.85. The summed E-state index contributed by atoms with van der Waals surface area (Å²) in [5.41, 5.74) is 7.66. The number of aromatic amines is 1. The number of nitrogens with zero attached hydrogens (tertiary/aromatic N) is 3. The number of aryl methyl sites for hydroxylation is 2. The van der Waals surface area contributed by atoms with Gasteiger partial charge in [0.1, 0.15) is 11.2 Å². The van der Waals surface area contributed by atoms with E-state index in [-0.39, 0.29) is 5.69 Å². The van der Waals surface area contributed by atoms with Crippen molar-refractivity contribution in [1.82, 2.24) is 25.3 Å². The number of nitrogens with two attached hydrogens (primary N) is 1. The first-order valence-corrected chi connectivity index (χ1v) is 6.82. The van der Waals surface area contributed by atoms with Gasteiger partial charge >= 0.3 is 0 Å². The second kappa shape index (κ2) is 5.28. The predicted molar refractivity (Wildman–Crippen MR) is 81.0 cm³/mol. The van der Waals surface area contributed by atoms with Crippen LogP contribution in [-0.4, -0.2) is 37.3 Å². The Morgan fingerprint density at radius 3 is 2.50 bits per heavy atom. The highest BCUT2D eigenvalue weighted by Crippen LogP contribution is 2.25. The van der Waals surface area contributed by atoms with Gasteiger partial charge in [-0.05, 0) is 33.8 Å². The van der Waals surface area contributed by atoms with Crippen LogP contribution in [0, 0.1) is 13.8 Å². The lowest BCUT2D eigenvalue weighted by Gasteiger charge is -2.21. The molecule has 118 valence electrons. The molecule has 0 aliphatic rings. The molecule has 2 aromatic rings. The number of amides is 2. The number of carbonyl (C=O) groups is 2. The van der Waals surface area contributed by atoms with Crippen LogP contribution >= 0.6 is 0 Å². The molecule has 2 amide bonds. The lowest BCUT2D eigenvalue weighted by Crippen LogP contribution is -2.53. The van der Waals surface area contributed by atoms with Gasteiger partial charge in [-0.1, -0.05) is 0 Å². The molecule has 0 bridgehead atoms. The Labute approximate surface area is 128 Å². The second-order valence-electron chi connectivity index (χ2n) is 5.78. The standard InChI is InChI=1S/C14H20N6O2/c1-7-11(8(2)20(5)19-7)9-6-10(18-17-9)12(21)16-14(3,4)13(15)22/h6H,1-5H3,(H2,15,22)(H,16,21)(H,17,18). The molecule has 0 aliphatic heterocycles. The molecular weight excluding hydrogens is 284 g/mol. The SMILES string of the molecule is Cc1nn(C)c(C)c1-c1cc(C(=O)NC(C)(C)C(N)=O)[nH]n1. The second-order valence-corrected chi connectivity index (χ2v) is 5.78. The summed E-state index contributed by atoms with van der Waals surface area (Å²) in [5, 5.41) is 13.7. The number of hydrogen-bond acceptors (Lipinski definition) is 4. The van der Waals surface area contributed by atoms with E-state index >= 15 is 0 Å². The minimum absolute atomic E-state index is 0.256. The van der Waals surface area contributed by atoms with Crippen molar-refractivity contribution in [2.24, 2.45) is 12.8 Å². The van der Waals surface area contributed by atoms with E-state index in [1.165, 1.54) is 0 Å². The van der Waals surface area contributed by atoms with Gasteiger partial charge < -0.3 is 11.1 Å². The molecule has 8 heteroatoms. The van der Waals surface area contributed by atoms with Crippen molar-refractivity contribution in [1.29, 1.82) is 0 Å². The predicted octanol–water partition coefficient (Wildman–Crippen LogP) is 0.421. The van der Waals surface area contributed by atoms with Gasteiger partial charge in [-0.25, -0.2) is 0 Å². The van der Waals surface area contributed by atoms with Gasteiger partial charge in [0.2, 0.25) is 5.91 Å². The molecule has 0 aromatic carbocycles. The zero-order valence-corrected chi connectivity index (χ0v) is 13.3. The van der Waals surface area contributed by atoms with Gasteiger partial charge in [0, 0.05) is 18.3 Å². The highest BCUT2D eigenvalue weighted by molar-refractivity contribution is 5.98. The van der Waals surface area contributed by atoms with Crippen molar-refractivity contribution < 1.29 is 9.59 Å². The molecule has 2 heterocycles. The van der Waals surface area contributed by atoms with Crippen molar-refractivity contribution in [3.05, 3.63) is 23.1 Å². The Kier molecular flexibility index (Phi) is 3.78. The third kappa shape index (κ3) is 2.72. The fourth-order valence-electron chi connectivity index (χ4n) is 2.12. The van der Waals surface area contributed by atoms with E-state index in [0.717, 1.165) is 17.0 Å². The number of primary amides is 1. The summed E-state index contributed by atoms with van der Waals surface area (Å²) in [6.07, 6.45) is 0. The summed E-state index contributed by atoms with van der Waals surface area (Å²) in [6, 6.07) is 1.63. The highest BCUT2D eigenvalue weighted by Gasteiger charge is 2.28. The van der Waals surface area contributed by atoms with Gasteiger partial charge in [0.15, 0.2) is 0 Å². The zero-order chi connectivity index (χ0) is 16.7. The van der Waals surface area contributed by atoms with Crippen LogP contribution in [-0.2, 0) is 11.8 Å². The van der Waals surface area contributed by atoms with Crippen LogP contribution in [0.2, 0.25) is 0 Å². The normalized spacial score (nSPS) is 11.5. The molecule has 2 rings (SSSR count). The van der Waals surface area contributed by atoms with Crippen LogP contribution in [0.25, 0.3) is 11.3 Å². The topological polar surface area (TPSA) is 119 Å². The third-order valence-electron chi connectivity index (χ3n) is 3.63. The summed E-state index contributed by atoms with van der Waals surface area (Å²) >= 11 is 0. The zero-order valence-electron chi connectivity index (χ0n) is 13.3. The van der Waals surface area contributed by atoms with Crippen LogP contribution in [0.3, 0.4) is 0 Å². The summed E-state index contributed by atoms with van der Waals surface area (Å²) < 4.78 is 1.76. The quantitative estimate of drug-likeness (QED) is 0.758. The molecular formula is C14H20N6O2. The van der Waals surface area contributed by atoms with Crippen LogP contribution in [0.1, 0.15) is 35.7 Å². The molecule has 0 spiro atoms. The summed E-state index contributed by atoms with van der Waals surface area (Å²) in [6.45, 7) is 6.90. The first-order valence-electron chi connectivity index (χ1n) is 6.82. The maximum atomic E-state index is 12.2. The van der Waals surface area contributed by atoms with Gasteiger partial charge in [-0.2, -0.15) is 10.2 Å². The van der Waals surface area contributed by atoms with E-state index in [0.29, 0.717) is 5.69 Å². The minimum atomic E-state index is -1.14. The summed E-state index contributed by atoms with van der Waals surface area (Å²) in [4.78, 5) is 23.5. The molecule has 0 atom stereocenters. The van der Waals surface area contributed by atoms with Crippen molar-refractivity contribution >= 4 is 11.8 Å². The van der Waals surface area contributed by atoms with E-state index in [1.54, 1.807) is 24.6 Å². The molecule has 0 saturated heterocycles. The largest absolute Gasteiger partial charge is 0.368 e. The number of nitrogens with one attached hydrogen (secondary N) is 2. The van der Waals surface area contributed by atoms with E-state index in [4.69, 9.17) is 5.73 Å². The van der Waals surface area contributed by atoms with E-state index in [2.05, 4.69) is 20.6 Å². The number of rotatable bonds is 4. The first kappa shape index (κ1) is 15.7. The lowest BCUT2D eigenvalue weighted by molar-refractivity contribution is -0.122. The molecule has 4 N–H and O–H groups in total. The molecule has 2 aromatic heterocycles. The van der Waals surface area contributed by atoms with Crippen LogP contribution < -0.4 is 11.1 Å². The Morgan fingerprint density at radius 2 is 2.00 bits per heavy atom. The van der Waals surface area contributed by atoms with Crippen molar-refractivity contribution in [2.45, 2.75) is 33.2 Å². The molecule has 0 saturated carbocycles. The average Bonchev–Trinajstić information content (AvgIpc) is 2.95. The third-order valence-corrected chi connectivity index (χ3v) is 3.63. The number of H-pyrrole nitrogens is 1. The molecule has 0 radical (unpaired) electrons. The van der Waals surface area contributed by atoms with Crippen LogP contribution in [0.5, 0.6) is 0 Å². The van der Waals surface area contributed by atoms with Gasteiger partial charge in [-0.3, -0.25) is 19.4 Å². The monoisotopic (exact) mass is 304 g/mol. The van der Waals surface area contributed by atoms with Crippen LogP contribution in [0.4, 0.5) is 0 Å². The first-order chi connectivity index (χ1) is 10.1. The average molecular weight is 304 g/mol. The van der Waals surface area contributed by atoms with Crippen molar-refractivity contribution in [2.75, 3.05) is 0 Å². The Bertz CT molecular complexity index is 741. The number of carbonyl (C=O) groups excluding carboxylic acids is 2. The van der Waals surface area contributed by atoms with Crippen molar-refractivity contribution in [3.8, 4) is 11.3 Å². The Balaban J connectivity index is 2.29. The maximum Gasteiger partial charge on any atom is 0.270 e. The Morgan fingerprint density at radius 1 is 1.36 bits per heavy atom. The van der Waals surface area contributed by atoms with Gasteiger partial charge in [0.05, 0.1) is 11.4 Å². The molecule has 0 fully saturated rings. The highest BCUT2D eigenvalue weighted by atomic mass is 16.2. The van der Waals surface area contributed by atoms with Crippen LogP contribution in [0.15, 0.2) is 6.07 Å². The fourth-order valence-corrected chi connectivity index (χ4v) is 2.12. The molecule has 0 aliphatic carbocycles. The Hall–Kier alpha value is -2.64. The van der Waals surface area contributed by atoms with E-state index in [9.17, 15) is 9.59 Å². The maximum absolute atomic E-state index is 12.2. The fraction of sp³-hybridized carbons (Fsp3) is 0.429. The lowest BCUT2D eigenvalue weighted by atomic mass is 10.0.